The highest BCUT2D eigenvalue weighted by Crippen LogP contribution is 2.18. The molecular weight excluding hydrogens is 265 g/mol. The average Bonchev–Trinajstić information content (AvgIpc) is 2.52. The summed E-state index contributed by atoms with van der Waals surface area (Å²) < 4.78 is 0.880. The van der Waals surface area contributed by atoms with Crippen LogP contribution in [-0.2, 0) is 0 Å². The van der Waals surface area contributed by atoms with Crippen molar-refractivity contribution in [2.45, 2.75) is 12.5 Å². The van der Waals surface area contributed by atoms with Crippen LogP contribution in [0.1, 0.15) is 6.42 Å². The first-order chi connectivity index (χ1) is 6.25. The molecule has 5 heteroatoms. The fraction of sp³-hybridized carbons (Fsp3) is 0.444. The van der Waals surface area contributed by atoms with Crippen molar-refractivity contribution >= 4 is 34.2 Å². The monoisotopic (exact) mass is 277 g/mol. The third-order valence-electron chi connectivity index (χ3n) is 2.25. The van der Waals surface area contributed by atoms with E-state index in [-0.39, 0.29) is 12.4 Å². The molecule has 1 aromatic heterocycles. The summed E-state index contributed by atoms with van der Waals surface area (Å²) in [6.07, 6.45) is 1.06. The first kappa shape index (κ1) is 11.8. The number of rotatable bonds is 1. The smallest absolute Gasteiger partial charge is 0.129 e. The predicted octanol–water partition coefficient (Wildman–Crippen LogP) is 1.80. The molecule has 0 radical (unpaired) electrons. The van der Waals surface area contributed by atoms with E-state index in [0.29, 0.717) is 6.04 Å². The van der Waals surface area contributed by atoms with Crippen LogP contribution in [0, 0.1) is 0 Å². The van der Waals surface area contributed by atoms with Gasteiger partial charge in [-0.15, -0.1) is 12.4 Å². The molecular formula is C9H13BrClN3. The van der Waals surface area contributed by atoms with Gasteiger partial charge in [-0.1, -0.05) is 6.07 Å². The van der Waals surface area contributed by atoms with Crippen LogP contribution in [0.5, 0.6) is 0 Å². The van der Waals surface area contributed by atoms with E-state index < -0.39 is 0 Å². The molecule has 78 valence electrons. The normalized spacial score (nSPS) is 20.7. The lowest BCUT2D eigenvalue weighted by molar-refractivity contribution is 0.751. The molecule has 0 amide bonds. The highest BCUT2D eigenvalue weighted by molar-refractivity contribution is 9.10. The highest BCUT2D eigenvalue weighted by atomic mass is 79.9. The maximum Gasteiger partial charge on any atom is 0.129 e. The quantitative estimate of drug-likeness (QED) is 0.797. The molecule has 1 atom stereocenters. The van der Waals surface area contributed by atoms with Gasteiger partial charge in [-0.3, -0.25) is 0 Å². The van der Waals surface area contributed by atoms with Crippen molar-refractivity contribution in [3.05, 3.63) is 22.8 Å². The van der Waals surface area contributed by atoms with E-state index in [1.165, 1.54) is 0 Å². The number of hydrogen-bond donors (Lipinski definition) is 1. The van der Waals surface area contributed by atoms with Gasteiger partial charge >= 0.3 is 0 Å². The van der Waals surface area contributed by atoms with Gasteiger partial charge in [0.1, 0.15) is 10.4 Å². The maximum absolute atomic E-state index is 5.82. The zero-order valence-electron chi connectivity index (χ0n) is 7.69. The molecule has 14 heavy (non-hydrogen) atoms. The van der Waals surface area contributed by atoms with E-state index in [0.717, 1.165) is 29.9 Å². The van der Waals surface area contributed by atoms with Gasteiger partial charge in [0.2, 0.25) is 0 Å². The van der Waals surface area contributed by atoms with Crippen LogP contribution in [0.15, 0.2) is 22.8 Å². The minimum absolute atomic E-state index is 0. The van der Waals surface area contributed by atoms with Gasteiger partial charge < -0.3 is 10.6 Å². The topological polar surface area (TPSA) is 42.1 Å². The summed E-state index contributed by atoms with van der Waals surface area (Å²) >= 11 is 3.36. The molecule has 1 fully saturated rings. The van der Waals surface area contributed by atoms with Gasteiger partial charge in [0.05, 0.1) is 0 Å². The number of pyridine rings is 1. The predicted molar refractivity (Wildman–Crippen MR) is 64.0 cm³/mol. The van der Waals surface area contributed by atoms with Gasteiger partial charge in [-0.25, -0.2) is 4.98 Å². The summed E-state index contributed by atoms with van der Waals surface area (Å²) in [5.41, 5.74) is 5.82. The van der Waals surface area contributed by atoms with Crippen LogP contribution in [0.2, 0.25) is 0 Å². The van der Waals surface area contributed by atoms with E-state index in [1.807, 2.05) is 18.2 Å². The van der Waals surface area contributed by atoms with Crippen molar-refractivity contribution in [3.63, 3.8) is 0 Å². The van der Waals surface area contributed by atoms with Gasteiger partial charge in [-0.2, -0.15) is 0 Å². The Morgan fingerprint density at radius 1 is 1.50 bits per heavy atom. The first-order valence-electron chi connectivity index (χ1n) is 4.39. The lowest BCUT2D eigenvalue weighted by atomic mass is 10.3. The van der Waals surface area contributed by atoms with E-state index in [9.17, 15) is 0 Å². The van der Waals surface area contributed by atoms with Crippen molar-refractivity contribution in [1.29, 1.82) is 0 Å². The second-order valence-corrected chi connectivity index (χ2v) is 4.13. The largest absolute Gasteiger partial charge is 0.355 e. The van der Waals surface area contributed by atoms with E-state index in [2.05, 4.69) is 25.8 Å². The Morgan fingerprint density at radius 3 is 2.86 bits per heavy atom. The van der Waals surface area contributed by atoms with Crippen molar-refractivity contribution in [2.24, 2.45) is 5.73 Å². The van der Waals surface area contributed by atoms with Crippen LogP contribution >= 0.6 is 28.3 Å². The number of nitrogens with zero attached hydrogens (tertiary/aromatic N) is 2. The molecule has 2 N–H and O–H groups in total. The summed E-state index contributed by atoms with van der Waals surface area (Å²) in [4.78, 5) is 6.59. The summed E-state index contributed by atoms with van der Waals surface area (Å²) in [5.74, 6) is 1.02. The van der Waals surface area contributed by atoms with E-state index >= 15 is 0 Å². The molecule has 0 aromatic carbocycles. The van der Waals surface area contributed by atoms with Crippen molar-refractivity contribution < 1.29 is 0 Å². The molecule has 0 unspecified atom stereocenters. The maximum atomic E-state index is 5.82. The fourth-order valence-electron chi connectivity index (χ4n) is 1.57. The molecule has 0 aliphatic carbocycles. The van der Waals surface area contributed by atoms with Crippen molar-refractivity contribution in [1.82, 2.24) is 4.98 Å². The van der Waals surface area contributed by atoms with Crippen molar-refractivity contribution in [3.8, 4) is 0 Å². The molecule has 1 aromatic rings. The van der Waals surface area contributed by atoms with Crippen LogP contribution in [0.3, 0.4) is 0 Å². The minimum atomic E-state index is 0. The van der Waals surface area contributed by atoms with Gasteiger partial charge in [0.25, 0.3) is 0 Å². The molecule has 0 spiro atoms. The number of nitrogens with two attached hydrogens (primary N) is 1. The molecule has 2 heterocycles. The zero-order valence-corrected chi connectivity index (χ0v) is 10.1. The molecule has 0 bridgehead atoms. The Morgan fingerprint density at radius 2 is 2.29 bits per heavy atom. The summed E-state index contributed by atoms with van der Waals surface area (Å²) in [7, 11) is 0. The molecule has 1 saturated heterocycles. The standard InChI is InChI=1S/C9H12BrN3.ClH/c10-8-2-1-3-9(12-8)13-5-4-7(11)6-13;/h1-3,7H,4-6,11H2;1H/t7-;/m1./s1. The lowest BCUT2D eigenvalue weighted by Gasteiger charge is -2.16. The van der Waals surface area contributed by atoms with Crippen LogP contribution in [0.4, 0.5) is 5.82 Å². The number of hydrogen-bond acceptors (Lipinski definition) is 3. The molecule has 3 nitrogen and oxygen atoms in total. The van der Waals surface area contributed by atoms with E-state index in [4.69, 9.17) is 5.73 Å². The minimum Gasteiger partial charge on any atom is -0.355 e. The van der Waals surface area contributed by atoms with Crippen molar-refractivity contribution in [2.75, 3.05) is 18.0 Å². The van der Waals surface area contributed by atoms with Crippen LogP contribution in [0.25, 0.3) is 0 Å². The second-order valence-electron chi connectivity index (χ2n) is 3.31. The van der Waals surface area contributed by atoms with Gasteiger partial charge in [-0.05, 0) is 34.5 Å². The SMILES string of the molecule is Cl.N[C@@H]1CCN(c2cccc(Br)n2)C1. The molecule has 0 saturated carbocycles. The average molecular weight is 279 g/mol. The summed E-state index contributed by atoms with van der Waals surface area (Å²) in [6.45, 7) is 1.94. The first-order valence-corrected chi connectivity index (χ1v) is 5.18. The Hall–Kier alpha value is -0.320. The van der Waals surface area contributed by atoms with E-state index in [1.54, 1.807) is 0 Å². The Kier molecular flexibility index (Phi) is 4.16. The molecule has 1 aliphatic rings. The lowest BCUT2D eigenvalue weighted by Crippen LogP contribution is -2.26. The Labute approximate surface area is 98.2 Å². The third-order valence-corrected chi connectivity index (χ3v) is 2.69. The second kappa shape index (κ2) is 4.96. The third kappa shape index (κ3) is 2.59. The molecule has 2 rings (SSSR count). The molecule has 1 aliphatic heterocycles. The Bertz CT molecular complexity index is 308. The fourth-order valence-corrected chi connectivity index (χ4v) is 1.90. The number of aromatic nitrogens is 1. The van der Waals surface area contributed by atoms with Crippen LogP contribution in [-0.4, -0.2) is 24.1 Å². The number of anilines is 1. The Balaban J connectivity index is 0.000000980. The highest BCUT2D eigenvalue weighted by Gasteiger charge is 2.19. The summed E-state index contributed by atoms with van der Waals surface area (Å²) in [6, 6.07) is 6.25. The van der Waals surface area contributed by atoms with Gasteiger partial charge in [0, 0.05) is 19.1 Å². The van der Waals surface area contributed by atoms with Crippen LogP contribution < -0.4 is 10.6 Å². The zero-order chi connectivity index (χ0) is 9.26. The van der Waals surface area contributed by atoms with Gasteiger partial charge in [0.15, 0.2) is 0 Å². The summed E-state index contributed by atoms with van der Waals surface area (Å²) in [5, 5.41) is 0. The number of halogens is 2.